The summed E-state index contributed by atoms with van der Waals surface area (Å²) in [5, 5.41) is 0. The third kappa shape index (κ3) is 5.20. The van der Waals surface area contributed by atoms with Crippen molar-refractivity contribution in [2.45, 2.75) is 19.4 Å². The molecule has 7 heteroatoms. The molecule has 2 aromatic carbocycles. The van der Waals surface area contributed by atoms with E-state index in [-0.39, 0.29) is 38.1 Å². The van der Waals surface area contributed by atoms with E-state index in [0.29, 0.717) is 23.5 Å². The van der Waals surface area contributed by atoms with Crippen LogP contribution in [-0.2, 0) is 27.3 Å². The van der Waals surface area contributed by atoms with Gasteiger partial charge in [0.2, 0.25) is 6.79 Å². The number of rotatable bonds is 7. The van der Waals surface area contributed by atoms with E-state index in [9.17, 15) is 14.0 Å². The Labute approximate surface area is 156 Å². The number of halogens is 1. The van der Waals surface area contributed by atoms with Crippen LogP contribution in [0.1, 0.15) is 17.5 Å². The lowest BCUT2D eigenvalue weighted by Crippen LogP contribution is -2.30. The molecule has 0 unspecified atom stereocenters. The SMILES string of the molecule is CN(Cc1cccc(F)c1)C(=O)COC(=O)CCc1ccc2c(c1)OCO2. The number of fused-ring (bicyclic) bond motifs is 1. The van der Waals surface area contributed by atoms with Crippen molar-refractivity contribution < 1.29 is 28.2 Å². The van der Waals surface area contributed by atoms with Crippen molar-refractivity contribution in [2.75, 3.05) is 20.4 Å². The summed E-state index contributed by atoms with van der Waals surface area (Å²) >= 11 is 0. The zero-order valence-electron chi connectivity index (χ0n) is 14.9. The van der Waals surface area contributed by atoms with Gasteiger partial charge in [0.05, 0.1) is 0 Å². The quantitative estimate of drug-likeness (QED) is 0.698. The Morgan fingerprint density at radius 1 is 1.11 bits per heavy atom. The Morgan fingerprint density at radius 3 is 2.74 bits per heavy atom. The highest BCUT2D eigenvalue weighted by molar-refractivity contribution is 5.80. The number of carbonyl (C=O) groups is 2. The zero-order chi connectivity index (χ0) is 19.2. The van der Waals surface area contributed by atoms with Gasteiger partial charge in [0.1, 0.15) is 5.82 Å². The molecule has 3 rings (SSSR count). The van der Waals surface area contributed by atoms with Crippen molar-refractivity contribution in [3.05, 3.63) is 59.4 Å². The Bertz CT molecular complexity index is 839. The Balaban J connectivity index is 1.41. The van der Waals surface area contributed by atoms with Crippen LogP contribution < -0.4 is 9.47 Å². The number of carbonyl (C=O) groups excluding carboxylic acids is 2. The van der Waals surface area contributed by atoms with Gasteiger partial charge in [0.15, 0.2) is 18.1 Å². The van der Waals surface area contributed by atoms with Crippen molar-refractivity contribution >= 4 is 11.9 Å². The number of likely N-dealkylation sites (N-methyl/N-ethyl adjacent to an activating group) is 1. The monoisotopic (exact) mass is 373 g/mol. The smallest absolute Gasteiger partial charge is 0.306 e. The van der Waals surface area contributed by atoms with Crippen molar-refractivity contribution in [2.24, 2.45) is 0 Å². The first-order valence-electron chi connectivity index (χ1n) is 8.54. The maximum absolute atomic E-state index is 13.2. The number of ether oxygens (including phenoxy) is 3. The first kappa shape index (κ1) is 18.7. The van der Waals surface area contributed by atoms with Crippen molar-refractivity contribution in [3.63, 3.8) is 0 Å². The van der Waals surface area contributed by atoms with Gasteiger partial charge >= 0.3 is 5.97 Å². The number of benzene rings is 2. The van der Waals surface area contributed by atoms with Crippen LogP contribution in [-0.4, -0.2) is 37.2 Å². The predicted octanol–water partition coefficient (Wildman–Crippen LogP) is 2.69. The lowest BCUT2D eigenvalue weighted by atomic mass is 10.1. The first-order chi connectivity index (χ1) is 13.0. The summed E-state index contributed by atoms with van der Waals surface area (Å²) in [4.78, 5) is 25.3. The lowest BCUT2D eigenvalue weighted by molar-refractivity contribution is -0.151. The molecule has 1 amide bonds. The van der Waals surface area contributed by atoms with Gasteiger partial charge in [-0.1, -0.05) is 18.2 Å². The molecule has 0 fully saturated rings. The van der Waals surface area contributed by atoms with Crippen LogP contribution in [0.5, 0.6) is 11.5 Å². The van der Waals surface area contributed by atoms with E-state index >= 15 is 0 Å². The Hall–Kier alpha value is -3.09. The van der Waals surface area contributed by atoms with E-state index in [2.05, 4.69) is 0 Å². The van der Waals surface area contributed by atoms with Crippen LogP contribution in [0.3, 0.4) is 0 Å². The van der Waals surface area contributed by atoms with Crippen LogP contribution >= 0.6 is 0 Å². The van der Waals surface area contributed by atoms with Crippen molar-refractivity contribution in [1.82, 2.24) is 4.90 Å². The van der Waals surface area contributed by atoms with E-state index < -0.39 is 5.97 Å². The van der Waals surface area contributed by atoms with E-state index in [1.807, 2.05) is 12.1 Å². The van der Waals surface area contributed by atoms with Gasteiger partial charge in [-0.3, -0.25) is 9.59 Å². The van der Waals surface area contributed by atoms with E-state index in [4.69, 9.17) is 14.2 Å². The number of amides is 1. The molecule has 0 N–H and O–H groups in total. The Morgan fingerprint density at radius 2 is 1.93 bits per heavy atom. The van der Waals surface area contributed by atoms with Crippen molar-refractivity contribution in [1.29, 1.82) is 0 Å². The van der Waals surface area contributed by atoms with Gasteiger partial charge in [-0.05, 0) is 41.8 Å². The molecule has 6 nitrogen and oxygen atoms in total. The molecule has 2 aromatic rings. The van der Waals surface area contributed by atoms with E-state index in [0.717, 1.165) is 5.56 Å². The highest BCUT2D eigenvalue weighted by Crippen LogP contribution is 2.32. The van der Waals surface area contributed by atoms with Crippen molar-refractivity contribution in [3.8, 4) is 11.5 Å². The van der Waals surface area contributed by atoms with Crippen LogP contribution in [0.25, 0.3) is 0 Å². The highest BCUT2D eigenvalue weighted by Gasteiger charge is 2.15. The van der Waals surface area contributed by atoms with Gasteiger partial charge in [-0.25, -0.2) is 4.39 Å². The molecular formula is C20H20FNO5. The summed E-state index contributed by atoms with van der Waals surface area (Å²) in [6, 6.07) is 11.5. The molecule has 142 valence electrons. The van der Waals surface area contributed by atoms with Gasteiger partial charge in [-0.2, -0.15) is 0 Å². The average Bonchev–Trinajstić information content (AvgIpc) is 3.12. The first-order valence-corrected chi connectivity index (χ1v) is 8.54. The fourth-order valence-electron chi connectivity index (χ4n) is 2.66. The fourth-order valence-corrected chi connectivity index (χ4v) is 2.66. The second-order valence-corrected chi connectivity index (χ2v) is 6.23. The topological polar surface area (TPSA) is 65.1 Å². The molecular weight excluding hydrogens is 353 g/mol. The summed E-state index contributed by atoms with van der Waals surface area (Å²) in [5.74, 6) is 0.183. The zero-order valence-corrected chi connectivity index (χ0v) is 14.9. The van der Waals surface area contributed by atoms with Crippen LogP contribution in [0.4, 0.5) is 4.39 Å². The van der Waals surface area contributed by atoms with Gasteiger partial charge in [0, 0.05) is 20.0 Å². The van der Waals surface area contributed by atoms with Crippen LogP contribution in [0.15, 0.2) is 42.5 Å². The summed E-state index contributed by atoms with van der Waals surface area (Å²) in [7, 11) is 1.58. The molecule has 0 atom stereocenters. The van der Waals surface area contributed by atoms with Crippen LogP contribution in [0.2, 0.25) is 0 Å². The molecule has 1 heterocycles. The maximum atomic E-state index is 13.2. The predicted molar refractivity (Wildman–Crippen MR) is 94.7 cm³/mol. The largest absolute Gasteiger partial charge is 0.456 e. The number of hydrogen-bond donors (Lipinski definition) is 0. The standard InChI is InChI=1S/C20H20FNO5/c1-22(11-15-3-2-4-16(21)9-15)19(23)12-25-20(24)8-6-14-5-7-17-18(10-14)27-13-26-17/h2-5,7,9-10H,6,8,11-13H2,1H3. The third-order valence-corrected chi connectivity index (χ3v) is 4.15. The minimum atomic E-state index is -0.458. The molecule has 0 saturated carbocycles. The normalized spacial score (nSPS) is 11.9. The Kier molecular flexibility index (Phi) is 5.90. The summed E-state index contributed by atoms with van der Waals surface area (Å²) in [5.41, 5.74) is 1.59. The van der Waals surface area contributed by atoms with Gasteiger partial charge in [0.25, 0.3) is 5.91 Å². The van der Waals surface area contributed by atoms with E-state index in [1.165, 1.54) is 17.0 Å². The molecule has 0 saturated heterocycles. The molecule has 0 spiro atoms. The van der Waals surface area contributed by atoms with Gasteiger partial charge in [-0.15, -0.1) is 0 Å². The summed E-state index contributed by atoms with van der Waals surface area (Å²) in [6.45, 7) is 0.100. The van der Waals surface area contributed by atoms with E-state index in [1.54, 1.807) is 25.2 Å². The lowest BCUT2D eigenvalue weighted by Gasteiger charge is -2.17. The molecule has 0 aliphatic carbocycles. The minimum absolute atomic E-state index is 0.153. The third-order valence-electron chi connectivity index (χ3n) is 4.15. The summed E-state index contributed by atoms with van der Waals surface area (Å²) in [6.07, 6.45) is 0.628. The highest BCUT2D eigenvalue weighted by atomic mass is 19.1. The second-order valence-electron chi connectivity index (χ2n) is 6.23. The minimum Gasteiger partial charge on any atom is -0.456 e. The molecule has 1 aliphatic rings. The molecule has 0 radical (unpaired) electrons. The molecule has 0 aromatic heterocycles. The number of esters is 1. The molecule has 1 aliphatic heterocycles. The molecule has 27 heavy (non-hydrogen) atoms. The van der Waals surface area contributed by atoms with Gasteiger partial charge < -0.3 is 19.1 Å². The second kappa shape index (κ2) is 8.53. The fraction of sp³-hybridized carbons (Fsp3) is 0.300. The number of aryl methyl sites for hydroxylation is 1. The number of hydrogen-bond acceptors (Lipinski definition) is 5. The summed E-state index contributed by atoms with van der Waals surface area (Å²) < 4.78 is 28.8. The number of nitrogens with zero attached hydrogens (tertiary/aromatic N) is 1. The van der Waals surface area contributed by atoms with Crippen LogP contribution in [0, 0.1) is 5.82 Å². The average molecular weight is 373 g/mol. The maximum Gasteiger partial charge on any atom is 0.306 e. The molecule has 0 bridgehead atoms.